The first-order valence-corrected chi connectivity index (χ1v) is 11.5. The fourth-order valence-corrected chi connectivity index (χ4v) is 4.45. The number of nitrogens with zero attached hydrogens (tertiary/aromatic N) is 4. The molecular weight excluding hydrogens is 449 g/mol. The molecule has 2 aromatic carbocycles. The molecular formula is C25H26FN7O2. The third-order valence-electron chi connectivity index (χ3n) is 6.23. The van der Waals surface area contributed by atoms with E-state index in [9.17, 15) is 9.18 Å². The number of benzene rings is 2. The highest BCUT2D eigenvalue weighted by Gasteiger charge is 2.23. The number of anilines is 1. The van der Waals surface area contributed by atoms with Crippen molar-refractivity contribution >= 4 is 22.8 Å². The van der Waals surface area contributed by atoms with Gasteiger partial charge in [0.2, 0.25) is 0 Å². The second-order valence-electron chi connectivity index (χ2n) is 8.45. The van der Waals surface area contributed by atoms with Gasteiger partial charge in [-0.3, -0.25) is 4.79 Å². The minimum absolute atomic E-state index is 0.0733. The molecule has 0 bridgehead atoms. The molecule has 1 aliphatic heterocycles. The number of carbonyl (C=O) groups is 1. The maximum Gasteiger partial charge on any atom is 0.255 e. The molecule has 9 nitrogen and oxygen atoms in total. The summed E-state index contributed by atoms with van der Waals surface area (Å²) in [4.78, 5) is 21.2. The molecule has 0 spiro atoms. The molecule has 10 heteroatoms. The summed E-state index contributed by atoms with van der Waals surface area (Å²) in [5.41, 5.74) is 9.58. The molecule has 0 radical (unpaired) electrons. The normalized spacial score (nSPS) is 15.8. The Kier molecular flexibility index (Phi) is 6.28. The van der Waals surface area contributed by atoms with Gasteiger partial charge in [0, 0.05) is 18.7 Å². The smallest absolute Gasteiger partial charge is 0.255 e. The van der Waals surface area contributed by atoms with Crippen molar-refractivity contribution in [1.82, 2.24) is 30.4 Å². The Balaban J connectivity index is 1.38. The Hall–Kier alpha value is -4.05. The third-order valence-corrected chi connectivity index (χ3v) is 6.23. The van der Waals surface area contributed by atoms with Crippen molar-refractivity contribution in [3.05, 3.63) is 65.7 Å². The van der Waals surface area contributed by atoms with Crippen LogP contribution < -0.4 is 21.1 Å². The predicted molar refractivity (Wildman–Crippen MR) is 130 cm³/mol. The summed E-state index contributed by atoms with van der Waals surface area (Å²) in [6, 6.07) is 12.1. The van der Waals surface area contributed by atoms with E-state index in [0.29, 0.717) is 5.82 Å². The highest BCUT2D eigenvalue weighted by atomic mass is 19.1. The molecule has 0 saturated carbocycles. The lowest BCUT2D eigenvalue weighted by atomic mass is 10.1. The second-order valence-corrected chi connectivity index (χ2v) is 8.45. The monoisotopic (exact) mass is 475 g/mol. The zero-order valence-electron chi connectivity index (χ0n) is 19.3. The summed E-state index contributed by atoms with van der Waals surface area (Å²) in [7, 11) is 1.33. The van der Waals surface area contributed by atoms with E-state index in [1.807, 2.05) is 28.9 Å². The van der Waals surface area contributed by atoms with Gasteiger partial charge in [-0.1, -0.05) is 30.3 Å². The molecule has 2 aromatic heterocycles. The Labute approximate surface area is 201 Å². The molecule has 180 valence electrons. The van der Waals surface area contributed by atoms with Gasteiger partial charge in [-0.2, -0.15) is 5.10 Å². The van der Waals surface area contributed by atoms with Crippen molar-refractivity contribution in [2.45, 2.75) is 25.4 Å². The van der Waals surface area contributed by atoms with Gasteiger partial charge < -0.3 is 21.1 Å². The molecule has 3 heterocycles. The number of aromatic nitrogens is 4. The van der Waals surface area contributed by atoms with E-state index in [2.05, 4.69) is 20.6 Å². The number of para-hydroxylation sites is 1. The summed E-state index contributed by atoms with van der Waals surface area (Å²) >= 11 is 0. The number of nitrogen functional groups attached to an aromatic ring is 1. The molecule has 1 saturated heterocycles. The summed E-state index contributed by atoms with van der Waals surface area (Å²) < 4.78 is 20.9. The van der Waals surface area contributed by atoms with Crippen LogP contribution in [0.2, 0.25) is 0 Å². The highest BCUT2D eigenvalue weighted by molar-refractivity contribution is 5.98. The number of halogens is 1. The van der Waals surface area contributed by atoms with Gasteiger partial charge in [0.15, 0.2) is 17.2 Å². The number of rotatable bonds is 6. The molecule has 1 amide bonds. The fourth-order valence-electron chi connectivity index (χ4n) is 4.45. The standard InChI is InChI=1S/C25H26FN7O2/c1-35-22-18(5-2-6-19(22)26)25(34)29-12-15-7-9-16(10-8-15)21-20-23(27)30-14-31-24(20)33(32-21)17-4-3-11-28-13-17/h2,5-10,14,17,28H,3-4,11-13H2,1H3,(H,29,34)(H2,27,30,31)/t17-/m1/s1. The minimum atomic E-state index is -0.580. The lowest BCUT2D eigenvalue weighted by molar-refractivity contribution is 0.0947. The number of hydrogen-bond donors (Lipinski definition) is 3. The number of amides is 1. The Morgan fingerprint density at radius 1 is 1.26 bits per heavy atom. The van der Waals surface area contributed by atoms with Crippen LogP contribution in [0.3, 0.4) is 0 Å². The lowest BCUT2D eigenvalue weighted by Crippen LogP contribution is -2.32. The van der Waals surface area contributed by atoms with Crippen LogP contribution in [0.5, 0.6) is 5.75 Å². The number of methoxy groups -OCH3 is 1. The van der Waals surface area contributed by atoms with Gasteiger partial charge in [-0.25, -0.2) is 19.0 Å². The Bertz CT molecular complexity index is 1360. The first kappa shape index (κ1) is 22.7. The van der Waals surface area contributed by atoms with Crippen LogP contribution in [-0.2, 0) is 6.54 Å². The highest BCUT2D eigenvalue weighted by Crippen LogP contribution is 2.33. The number of carbonyl (C=O) groups excluding carboxylic acids is 1. The molecule has 1 atom stereocenters. The Morgan fingerprint density at radius 2 is 2.09 bits per heavy atom. The SMILES string of the molecule is COc1c(F)cccc1C(=O)NCc1ccc(-c2nn([C@@H]3CCCNC3)c3ncnc(N)c23)cc1. The number of nitrogens with two attached hydrogens (primary N) is 1. The number of hydrogen-bond acceptors (Lipinski definition) is 7. The average molecular weight is 476 g/mol. The van der Waals surface area contributed by atoms with Gasteiger partial charge in [0.05, 0.1) is 24.1 Å². The molecule has 4 aromatic rings. The number of nitrogens with one attached hydrogen (secondary N) is 2. The van der Waals surface area contributed by atoms with E-state index in [-0.39, 0.29) is 23.9 Å². The van der Waals surface area contributed by atoms with Crippen LogP contribution in [0.25, 0.3) is 22.3 Å². The van der Waals surface area contributed by atoms with E-state index >= 15 is 0 Å². The van der Waals surface area contributed by atoms with Gasteiger partial charge in [0.25, 0.3) is 5.91 Å². The van der Waals surface area contributed by atoms with Crippen molar-refractivity contribution < 1.29 is 13.9 Å². The number of piperidine rings is 1. The first-order valence-electron chi connectivity index (χ1n) is 11.5. The quantitative estimate of drug-likeness (QED) is 0.392. The molecule has 5 rings (SSSR count). The zero-order valence-corrected chi connectivity index (χ0v) is 19.3. The summed E-state index contributed by atoms with van der Waals surface area (Å²) in [6.07, 6.45) is 3.56. The van der Waals surface area contributed by atoms with E-state index in [1.165, 1.54) is 31.6 Å². The van der Waals surface area contributed by atoms with Crippen LogP contribution in [0.4, 0.5) is 10.2 Å². The maximum absolute atomic E-state index is 13.9. The van der Waals surface area contributed by atoms with Crippen LogP contribution >= 0.6 is 0 Å². The lowest BCUT2D eigenvalue weighted by Gasteiger charge is -2.23. The molecule has 0 unspecified atom stereocenters. The predicted octanol–water partition coefficient (Wildman–Crippen LogP) is 3.08. The van der Waals surface area contributed by atoms with Crippen LogP contribution in [0, 0.1) is 5.82 Å². The van der Waals surface area contributed by atoms with Crippen molar-refractivity contribution in [1.29, 1.82) is 0 Å². The van der Waals surface area contributed by atoms with Crippen molar-refractivity contribution in [3.8, 4) is 17.0 Å². The summed E-state index contributed by atoms with van der Waals surface area (Å²) in [5, 5.41) is 11.8. The number of fused-ring (bicyclic) bond motifs is 1. The van der Waals surface area contributed by atoms with Crippen molar-refractivity contribution in [3.63, 3.8) is 0 Å². The van der Waals surface area contributed by atoms with Crippen molar-refractivity contribution in [2.75, 3.05) is 25.9 Å². The first-order chi connectivity index (χ1) is 17.1. The fraction of sp³-hybridized carbons (Fsp3) is 0.280. The van der Waals surface area contributed by atoms with Crippen LogP contribution in [0.1, 0.15) is 34.8 Å². The maximum atomic E-state index is 13.9. The summed E-state index contributed by atoms with van der Waals surface area (Å²) in [6.45, 7) is 2.10. The van der Waals surface area contributed by atoms with E-state index in [0.717, 1.165) is 53.8 Å². The van der Waals surface area contributed by atoms with Crippen LogP contribution in [0.15, 0.2) is 48.8 Å². The van der Waals surface area contributed by atoms with Gasteiger partial charge in [-0.15, -0.1) is 0 Å². The molecule has 4 N–H and O–H groups in total. The second kappa shape index (κ2) is 9.67. The van der Waals surface area contributed by atoms with Gasteiger partial charge in [0.1, 0.15) is 17.8 Å². The van der Waals surface area contributed by atoms with E-state index in [1.54, 1.807) is 0 Å². The molecule has 1 aliphatic rings. The van der Waals surface area contributed by atoms with E-state index < -0.39 is 11.7 Å². The molecule has 0 aliphatic carbocycles. The van der Waals surface area contributed by atoms with E-state index in [4.69, 9.17) is 15.6 Å². The zero-order chi connectivity index (χ0) is 24.4. The van der Waals surface area contributed by atoms with Crippen molar-refractivity contribution in [2.24, 2.45) is 0 Å². The Morgan fingerprint density at radius 3 is 2.83 bits per heavy atom. The average Bonchev–Trinajstić information content (AvgIpc) is 3.29. The molecule has 1 fully saturated rings. The summed E-state index contributed by atoms with van der Waals surface area (Å²) in [5.74, 6) is -0.680. The van der Waals surface area contributed by atoms with Crippen LogP contribution in [-0.4, -0.2) is 45.9 Å². The van der Waals surface area contributed by atoms with Gasteiger partial charge in [-0.05, 0) is 37.1 Å². The number of ether oxygens (including phenoxy) is 1. The molecule has 35 heavy (non-hydrogen) atoms. The topological polar surface area (TPSA) is 120 Å². The largest absolute Gasteiger partial charge is 0.493 e. The van der Waals surface area contributed by atoms with Gasteiger partial charge >= 0.3 is 0 Å². The third kappa shape index (κ3) is 4.40. The minimum Gasteiger partial charge on any atom is -0.493 e.